The summed E-state index contributed by atoms with van der Waals surface area (Å²) in [5, 5.41) is 17.7. The fraction of sp³-hybridized carbons (Fsp3) is 0.0952. The van der Waals surface area contributed by atoms with Gasteiger partial charge in [-0.25, -0.2) is 8.42 Å². The number of aromatic nitrogens is 3. The Morgan fingerprint density at radius 1 is 1.11 bits per heavy atom. The van der Waals surface area contributed by atoms with Crippen molar-refractivity contribution in [2.24, 2.45) is 4.40 Å². The molecule has 0 atom stereocenters. The monoisotopic (exact) mass is 514 g/mol. The van der Waals surface area contributed by atoms with Gasteiger partial charge in [0.05, 0.1) is 24.7 Å². The van der Waals surface area contributed by atoms with Crippen LogP contribution < -0.4 is 15.6 Å². The Morgan fingerprint density at radius 2 is 1.86 bits per heavy atom. The number of sulfonamides is 2. The van der Waals surface area contributed by atoms with Crippen LogP contribution in [0, 0.1) is 0 Å². The second-order valence-electron chi connectivity index (χ2n) is 7.80. The summed E-state index contributed by atoms with van der Waals surface area (Å²) in [6, 6.07) is 14.5. The van der Waals surface area contributed by atoms with Crippen LogP contribution in [-0.2, 0) is 26.6 Å². The van der Waals surface area contributed by atoms with Crippen molar-refractivity contribution in [1.29, 1.82) is 0 Å². The number of amidine groups is 1. The summed E-state index contributed by atoms with van der Waals surface area (Å²) < 4.78 is 57.3. The molecule has 0 saturated carbocycles. The third-order valence-electron chi connectivity index (χ3n) is 5.23. The van der Waals surface area contributed by atoms with Crippen LogP contribution in [0.1, 0.15) is 11.1 Å². The molecular formula is C21H18N6O6S2. The molecule has 0 saturated heterocycles. The van der Waals surface area contributed by atoms with Gasteiger partial charge in [-0.2, -0.15) is 18.0 Å². The zero-order chi connectivity index (χ0) is 25.0. The van der Waals surface area contributed by atoms with Crippen LogP contribution in [-0.4, -0.2) is 48.2 Å². The first-order valence-electron chi connectivity index (χ1n) is 10.1. The Balaban J connectivity index is 1.66. The van der Waals surface area contributed by atoms with E-state index >= 15 is 0 Å². The number of anilines is 2. The minimum atomic E-state index is -4.36. The zero-order valence-corrected chi connectivity index (χ0v) is 19.7. The van der Waals surface area contributed by atoms with E-state index in [1.54, 1.807) is 6.07 Å². The highest BCUT2D eigenvalue weighted by Crippen LogP contribution is 2.32. The maximum Gasteiger partial charge on any atom is 0.286 e. The average Bonchev–Trinajstić information content (AvgIpc) is 3.27. The average molecular weight is 515 g/mol. The smallest absolute Gasteiger partial charge is 0.286 e. The molecule has 180 valence electrons. The molecule has 5 rings (SSSR count). The Hall–Kier alpha value is -4.17. The van der Waals surface area contributed by atoms with Gasteiger partial charge in [0.2, 0.25) is 15.9 Å². The van der Waals surface area contributed by atoms with E-state index in [2.05, 4.69) is 19.5 Å². The quantitative estimate of drug-likeness (QED) is 0.357. The molecular weight excluding hydrogens is 496 g/mol. The summed E-state index contributed by atoms with van der Waals surface area (Å²) in [4.78, 5) is 13.2. The van der Waals surface area contributed by atoms with Gasteiger partial charge in [-0.15, -0.1) is 4.40 Å². The Bertz CT molecular complexity index is 1790. The molecule has 35 heavy (non-hydrogen) atoms. The Kier molecular flexibility index (Phi) is 5.14. The van der Waals surface area contributed by atoms with Gasteiger partial charge < -0.3 is 10.4 Å². The van der Waals surface area contributed by atoms with Gasteiger partial charge in [-0.1, -0.05) is 30.3 Å². The predicted molar refractivity (Wildman–Crippen MR) is 129 cm³/mol. The molecule has 0 spiro atoms. The second kappa shape index (κ2) is 7.95. The largest absolute Gasteiger partial charge is 0.493 e. The summed E-state index contributed by atoms with van der Waals surface area (Å²) in [6.45, 7) is 0.138. The zero-order valence-electron chi connectivity index (χ0n) is 18.1. The van der Waals surface area contributed by atoms with Crippen molar-refractivity contribution < 1.29 is 21.9 Å². The SMILES string of the molecule is CS(=O)(=O)Nc1ccc2c(c1)S(=O)(=O)N=C(c1c(O)n3nccc3n(Cc3ccccc3)c1=O)N2. The number of hydrogen-bond donors (Lipinski definition) is 3. The highest BCUT2D eigenvalue weighted by atomic mass is 32.2. The molecule has 3 N–H and O–H groups in total. The number of nitrogens with one attached hydrogen (secondary N) is 2. The molecule has 2 aromatic heterocycles. The first-order valence-corrected chi connectivity index (χ1v) is 13.4. The maximum absolute atomic E-state index is 13.5. The lowest BCUT2D eigenvalue weighted by Gasteiger charge is -2.20. The lowest BCUT2D eigenvalue weighted by Crippen LogP contribution is -2.34. The number of fused-ring (bicyclic) bond motifs is 2. The third kappa shape index (κ3) is 4.13. The van der Waals surface area contributed by atoms with Crippen molar-refractivity contribution in [3.05, 3.63) is 82.3 Å². The van der Waals surface area contributed by atoms with E-state index in [1.807, 2.05) is 30.3 Å². The van der Waals surface area contributed by atoms with Crippen LogP contribution >= 0.6 is 0 Å². The first-order chi connectivity index (χ1) is 16.5. The summed E-state index contributed by atoms with van der Waals surface area (Å²) >= 11 is 0. The van der Waals surface area contributed by atoms with E-state index in [0.717, 1.165) is 22.4 Å². The van der Waals surface area contributed by atoms with Gasteiger partial charge in [-0.3, -0.25) is 14.1 Å². The van der Waals surface area contributed by atoms with Crippen LogP contribution in [0.3, 0.4) is 0 Å². The molecule has 3 heterocycles. The van der Waals surface area contributed by atoms with Crippen LogP contribution in [0.4, 0.5) is 11.4 Å². The van der Waals surface area contributed by atoms with Crippen LogP contribution in [0.15, 0.2) is 74.9 Å². The molecule has 4 aromatic rings. The second-order valence-corrected chi connectivity index (χ2v) is 11.1. The number of nitrogens with zero attached hydrogens (tertiary/aromatic N) is 4. The minimum Gasteiger partial charge on any atom is -0.493 e. The van der Waals surface area contributed by atoms with E-state index in [-0.39, 0.29) is 34.2 Å². The van der Waals surface area contributed by atoms with Crippen molar-refractivity contribution in [3.8, 4) is 5.88 Å². The Labute approximate surface area is 199 Å². The van der Waals surface area contributed by atoms with Crippen molar-refractivity contribution in [1.82, 2.24) is 14.2 Å². The normalized spacial score (nSPS) is 14.7. The third-order valence-corrected chi connectivity index (χ3v) is 7.15. The molecule has 14 heteroatoms. The number of rotatable bonds is 5. The van der Waals surface area contributed by atoms with Crippen LogP contribution in [0.5, 0.6) is 5.88 Å². The minimum absolute atomic E-state index is 0.0290. The summed E-state index contributed by atoms with van der Waals surface area (Å²) in [5.74, 6) is -0.970. The molecule has 0 amide bonds. The van der Waals surface area contributed by atoms with E-state index in [1.165, 1.54) is 22.9 Å². The molecule has 1 aliphatic heterocycles. The highest BCUT2D eigenvalue weighted by Gasteiger charge is 2.31. The van der Waals surface area contributed by atoms with Crippen LogP contribution in [0.2, 0.25) is 0 Å². The van der Waals surface area contributed by atoms with E-state index in [9.17, 15) is 26.7 Å². The number of benzene rings is 2. The summed E-state index contributed by atoms with van der Waals surface area (Å²) in [6.07, 6.45) is 2.34. The molecule has 0 aliphatic carbocycles. The number of hydrogen-bond acceptors (Lipinski definition) is 8. The first kappa shape index (κ1) is 22.6. The van der Waals surface area contributed by atoms with Gasteiger partial charge in [0, 0.05) is 11.8 Å². The fourth-order valence-electron chi connectivity index (χ4n) is 3.77. The van der Waals surface area contributed by atoms with E-state index in [0.29, 0.717) is 5.65 Å². The number of aromatic hydroxyl groups is 1. The standard InChI is InChI=1S/C21H18N6O6S2/c1-34(30,31)24-14-7-8-15-16(11-14)35(32,33)25-19(23-15)18-20(28)26(12-13-5-3-2-4-6-13)17-9-10-22-27(17)21(18)29/h2-11,24,29H,12H2,1H3,(H,23,25). The van der Waals surface area contributed by atoms with Crippen molar-refractivity contribution >= 4 is 42.9 Å². The molecule has 0 bridgehead atoms. The fourth-order valence-corrected chi connectivity index (χ4v) is 5.48. The van der Waals surface area contributed by atoms with Gasteiger partial charge in [-0.05, 0) is 23.8 Å². The maximum atomic E-state index is 13.5. The molecule has 2 aromatic carbocycles. The van der Waals surface area contributed by atoms with Crippen LogP contribution in [0.25, 0.3) is 5.65 Å². The topological polar surface area (TPSA) is 164 Å². The molecule has 1 aliphatic rings. The van der Waals surface area contributed by atoms with E-state index in [4.69, 9.17) is 0 Å². The van der Waals surface area contributed by atoms with Gasteiger partial charge >= 0.3 is 0 Å². The molecule has 0 fully saturated rings. The van der Waals surface area contributed by atoms with E-state index < -0.39 is 31.5 Å². The summed E-state index contributed by atoms with van der Waals surface area (Å²) in [5.41, 5.74) is 0.127. The molecule has 12 nitrogen and oxygen atoms in total. The van der Waals surface area contributed by atoms with Crippen molar-refractivity contribution in [2.45, 2.75) is 11.4 Å². The van der Waals surface area contributed by atoms with Gasteiger partial charge in [0.15, 0.2) is 5.84 Å². The van der Waals surface area contributed by atoms with Gasteiger partial charge in [0.25, 0.3) is 15.6 Å². The lowest BCUT2D eigenvalue weighted by atomic mass is 10.2. The molecule has 0 unspecified atom stereocenters. The molecule has 0 radical (unpaired) electrons. The summed E-state index contributed by atoms with van der Waals surface area (Å²) in [7, 11) is -8.00. The van der Waals surface area contributed by atoms with Crippen molar-refractivity contribution in [3.63, 3.8) is 0 Å². The predicted octanol–water partition coefficient (Wildman–Crippen LogP) is 1.18. The highest BCUT2D eigenvalue weighted by molar-refractivity contribution is 7.92. The Morgan fingerprint density at radius 3 is 2.57 bits per heavy atom. The lowest BCUT2D eigenvalue weighted by molar-refractivity contribution is 0.429. The van der Waals surface area contributed by atoms with Crippen molar-refractivity contribution in [2.75, 3.05) is 16.3 Å². The van der Waals surface area contributed by atoms with Gasteiger partial charge in [0.1, 0.15) is 16.1 Å².